The molecule has 4 aromatic rings. The molecule has 0 spiro atoms. The Labute approximate surface area is 217 Å². The second-order valence-electron chi connectivity index (χ2n) is 9.27. The van der Waals surface area contributed by atoms with Crippen LogP contribution in [0.1, 0.15) is 35.2 Å². The van der Waals surface area contributed by atoms with Crippen molar-refractivity contribution in [3.63, 3.8) is 0 Å². The van der Waals surface area contributed by atoms with Crippen molar-refractivity contribution in [3.8, 4) is 22.9 Å². The first-order valence-electron chi connectivity index (χ1n) is 12.3. The van der Waals surface area contributed by atoms with Gasteiger partial charge in [-0.2, -0.15) is 13.2 Å². The van der Waals surface area contributed by atoms with Gasteiger partial charge in [0.25, 0.3) is 5.91 Å². The van der Waals surface area contributed by atoms with Crippen LogP contribution in [-0.4, -0.2) is 41.3 Å². The lowest BCUT2D eigenvalue weighted by atomic mass is 10.1. The van der Waals surface area contributed by atoms with Crippen LogP contribution in [0.4, 0.5) is 18.9 Å². The highest BCUT2D eigenvalue weighted by atomic mass is 19.4. The van der Waals surface area contributed by atoms with Gasteiger partial charge < -0.3 is 20.1 Å². The van der Waals surface area contributed by atoms with E-state index in [0.717, 1.165) is 24.1 Å². The fraction of sp³-hybridized carbons (Fsp3) is 0.286. The van der Waals surface area contributed by atoms with E-state index in [1.54, 1.807) is 55.9 Å². The maximum absolute atomic E-state index is 12.8. The molecule has 1 aliphatic carbocycles. The van der Waals surface area contributed by atoms with Gasteiger partial charge in [-0.25, -0.2) is 4.98 Å². The van der Waals surface area contributed by atoms with Crippen molar-refractivity contribution in [1.29, 1.82) is 0 Å². The molecule has 0 bridgehead atoms. The minimum absolute atomic E-state index is 0.0998. The number of rotatable bonds is 9. The first kappa shape index (κ1) is 25.4. The lowest BCUT2D eigenvalue weighted by molar-refractivity contribution is -0.131. The van der Waals surface area contributed by atoms with Crippen molar-refractivity contribution in [2.75, 3.05) is 19.0 Å². The van der Waals surface area contributed by atoms with Crippen molar-refractivity contribution in [2.45, 2.75) is 38.4 Å². The molecule has 0 atom stereocenters. The van der Waals surface area contributed by atoms with Crippen LogP contribution < -0.4 is 20.1 Å². The monoisotopic (exact) mass is 524 g/mol. The van der Waals surface area contributed by atoms with Crippen LogP contribution in [0.5, 0.6) is 17.2 Å². The number of anilines is 1. The molecule has 1 amide bonds. The smallest absolute Gasteiger partial charge is 0.390 e. The number of ether oxygens (including phenoxy) is 2. The zero-order valence-corrected chi connectivity index (χ0v) is 20.9. The number of imidazole rings is 1. The van der Waals surface area contributed by atoms with Gasteiger partial charge in [0.1, 0.15) is 29.1 Å². The number of benzene rings is 3. The molecule has 0 unspecified atom stereocenters. The van der Waals surface area contributed by atoms with Gasteiger partial charge in [0.15, 0.2) is 0 Å². The van der Waals surface area contributed by atoms with E-state index in [2.05, 4.69) is 15.6 Å². The number of alkyl halides is 3. The van der Waals surface area contributed by atoms with Gasteiger partial charge >= 0.3 is 6.18 Å². The average Bonchev–Trinajstić information content (AvgIpc) is 3.58. The summed E-state index contributed by atoms with van der Waals surface area (Å²) in [6.45, 7) is 1.56. The zero-order valence-electron chi connectivity index (χ0n) is 20.9. The van der Waals surface area contributed by atoms with Crippen LogP contribution in [0, 0.1) is 6.92 Å². The molecule has 1 aromatic heterocycles. The van der Waals surface area contributed by atoms with Crippen LogP contribution in [0.25, 0.3) is 16.7 Å². The first-order chi connectivity index (χ1) is 18.2. The van der Waals surface area contributed by atoms with Crippen molar-refractivity contribution >= 4 is 22.6 Å². The molecule has 1 fully saturated rings. The number of halogens is 3. The Morgan fingerprint density at radius 1 is 1.08 bits per heavy atom. The van der Waals surface area contributed by atoms with Gasteiger partial charge in [-0.15, -0.1) is 0 Å². The fourth-order valence-corrected chi connectivity index (χ4v) is 4.17. The molecule has 0 saturated heterocycles. The molecule has 5 rings (SSSR count). The number of hydrogen-bond acceptors (Lipinski definition) is 5. The molecule has 198 valence electrons. The molecule has 10 heteroatoms. The Morgan fingerprint density at radius 3 is 2.58 bits per heavy atom. The molecule has 0 aliphatic heterocycles. The number of carbonyl (C=O) groups is 1. The molecule has 2 N–H and O–H groups in total. The Morgan fingerprint density at radius 2 is 1.87 bits per heavy atom. The third kappa shape index (κ3) is 5.85. The zero-order chi connectivity index (χ0) is 26.9. The number of aromatic nitrogens is 2. The van der Waals surface area contributed by atoms with Crippen molar-refractivity contribution < 1.29 is 27.4 Å². The molecular formula is C28H27F3N4O3. The molecule has 0 radical (unpaired) electrons. The summed E-state index contributed by atoms with van der Waals surface area (Å²) in [5.41, 5.74) is 3.71. The Kier molecular flexibility index (Phi) is 6.88. The summed E-state index contributed by atoms with van der Waals surface area (Å²) in [7, 11) is 1.55. The Hall–Kier alpha value is -4.21. The Bertz CT molecular complexity index is 1480. The minimum Gasteiger partial charge on any atom is -0.497 e. The number of fused-ring (bicyclic) bond motifs is 1. The van der Waals surface area contributed by atoms with E-state index in [9.17, 15) is 18.0 Å². The summed E-state index contributed by atoms with van der Waals surface area (Å²) < 4.78 is 51.6. The SMILES string of the molecule is COc1cccc(Oc2cc(NCCC(F)(F)F)c3ncn(-c4ccc(C(=O)NC5CC5)c(C)c4)c3c2)c1. The number of hydrogen-bond donors (Lipinski definition) is 2. The highest BCUT2D eigenvalue weighted by Gasteiger charge is 2.27. The summed E-state index contributed by atoms with van der Waals surface area (Å²) in [4.78, 5) is 17.0. The number of nitrogens with zero attached hydrogens (tertiary/aromatic N) is 2. The number of methoxy groups -OCH3 is 1. The fourth-order valence-electron chi connectivity index (χ4n) is 4.17. The van der Waals surface area contributed by atoms with Gasteiger partial charge in [0.05, 0.1) is 24.7 Å². The van der Waals surface area contributed by atoms with Crippen LogP contribution in [0.2, 0.25) is 0 Å². The topological polar surface area (TPSA) is 77.4 Å². The van der Waals surface area contributed by atoms with Crippen LogP contribution >= 0.6 is 0 Å². The standard InChI is InChI=1S/C28H27F3N4O3/c1-17-12-19(8-9-23(17)27(36)34-18-6-7-18)35-16-33-26-24(32-11-10-28(29,30)31)14-22(15-25(26)35)38-21-5-3-4-20(13-21)37-2/h3-5,8-9,12-16,18,32H,6-7,10-11H2,1-2H3,(H,34,36). The third-order valence-corrected chi connectivity index (χ3v) is 6.27. The highest BCUT2D eigenvalue weighted by Crippen LogP contribution is 2.34. The van der Waals surface area contributed by atoms with Crippen LogP contribution in [-0.2, 0) is 0 Å². The van der Waals surface area contributed by atoms with Crippen molar-refractivity contribution in [1.82, 2.24) is 14.9 Å². The number of carbonyl (C=O) groups excluding carboxylic acids is 1. The maximum atomic E-state index is 12.8. The van der Waals surface area contributed by atoms with E-state index in [1.165, 1.54) is 0 Å². The number of nitrogens with one attached hydrogen (secondary N) is 2. The van der Waals surface area contributed by atoms with E-state index < -0.39 is 12.6 Å². The van der Waals surface area contributed by atoms with Crippen LogP contribution in [0.3, 0.4) is 0 Å². The normalized spacial score (nSPS) is 13.4. The van der Waals surface area contributed by atoms with Gasteiger partial charge in [0, 0.05) is 42.0 Å². The largest absolute Gasteiger partial charge is 0.497 e. The quantitative estimate of drug-likeness (QED) is 0.265. The molecule has 1 heterocycles. The first-order valence-corrected chi connectivity index (χ1v) is 12.3. The lowest BCUT2D eigenvalue weighted by Crippen LogP contribution is -2.26. The minimum atomic E-state index is -4.29. The van der Waals surface area contributed by atoms with E-state index in [0.29, 0.717) is 39.5 Å². The maximum Gasteiger partial charge on any atom is 0.390 e. The summed E-state index contributed by atoms with van der Waals surface area (Å²) in [6.07, 6.45) is -1.66. The number of amides is 1. The third-order valence-electron chi connectivity index (χ3n) is 6.27. The van der Waals surface area contributed by atoms with Crippen molar-refractivity contribution in [3.05, 3.63) is 72.1 Å². The van der Waals surface area contributed by atoms with Gasteiger partial charge in [0.2, 0.25) is 0 Å². The van der Waals surface area contributed by atoms with E-state index in [1.807, 2.05) is 23.6 Å². The molecule has 7 nitrogen and oxygen atoms in total. The lowest BCUT2D eigenvalue weighted by Gasteiger charge is -2.14. The predicted octanol–water partition coefficient (Wildman–Crippen LogP) is 6.39. The Balaban J connectivity index is 1.51. The predicted molar refractivity (Wildman–Crippen MR) is 139 cm³/mol. The molecule has 38 heavy (non-hydrogen) atoms. The molecular weight excluding hydrogens is 497 g/mol. The average molecular weight is 525 g/mol. The summed E-state index contributed by atoms with van der Waals surface area (Å²) in [5.74, 6) is 1.44. The van der Waals surface area contributed by atoms with E-state index in [-0.39, 0.29) is 18.5 Å². The number of aryl methyl sites for hydroxylation is 1. The van der Waals surface area contributed by atoms with Gasteiger partial charge in [-0.05, 0) is 55.7 Å². The molecule has 1 aliphatic rings. The van der Waals surface area contributed by atoms with Gasteiger partial charge in [-0.3, -0.25) is 9.36 Å². The summed E-state index contributed by atoms with van der Waals surface area (Å²) >= 11 is 0. The second kappa shape index (κ2) is 10.3. The molecule has 1 saturated carbocycles. The molecule has 3 aromatic carbocycles. The highest BCUT2D eigenvalue weighted by molar-refractivity contribution is 5.96. The van der Waals surface area contributed by atoms with E-state index in [4.69, 9.17) is 9.47 Å². The van der Waals surface area contributed by atoms with Crippen LogP contribution in [0.15, 0.2) is 60.9 Å². The summed E-state index contributed by atoms with van der Waals surface area (Å²) in [6, 6.07) is 16.2. The second-order valence-corrected chi connectivity index (χ2v) is 9.27. The van der Waals surface area contributed by atoms with E-state index >= 15 is 0 Å². The van der Waals surface area contributed by atoms with Crippen molar-refractivity contribution in [2.24, 2.45) is 0 Å². The van der Waals surface area contributed by atoms with Gasteiger partial charge in [-0.1, -0.05) is 6.07 Å². The summed E-state index contributed by atoms with van der Waals surface area (Å²) in [5, 5.41) is 5.86.